The van der Waals surface area contributed by atoms with Crippen molar-refractivity contribution in [3.63, 3.8) is 0 Å². The summed E-state index contributed by atoms with van der Waals surface area (Å²) in [5.41, 5.74) is 0.523. The molecule has 1 amide bonds. The molecule has 0 radical (unpaired) electrons. The van der Waals surface area contributed by atoms with E-state index in [1.165, 1.54) is 6.07 Å². The quantitative estimate of drug-likeness (QED) is 0.907. The molecule has 2 rings (SSSR count). The lowest BCUT2D eigenvalue weighted by Crippen LogP contribution is -2.27. The molecule has 2 aromatic rings. The number of nitrogens with one attached hydrogen (secondary N) is 1. The second-order valence-corrected chi connectivity index (χ2v) is 4.75. The van der Waals surface area contributed by atoms with E-state index < -0.39 is 23.6 Å². The molecule has 5 heteroatoms. The third-order valence-electron chi connectivity index (χ3n) is 2.90. The van der Waals surface area contributed by atoms with Gasteiger partial charge in [-0.25, -0.2) is 8.78 Å². The van der Waals surface area contributed by atoms with Crippen LogP contribution in [0.15, 0.2) is 42.5 Å². The van der Waals surface area contributed by atoms with Crippen molar-refractivity contribution in [3.8, 4) is 0 Å². The molecule has 0 spiro atoms. The molecule has 1 N–H and O–H groups in total. The zero-order valence-corrected chi connectivity index (χ0v) is 11.4. The largest absolute Gasteiger partial charge is 0.345 e. The molecule has 0 aliphatic heterocycles. The molecule has 1 unspecified atom stereocenters. The second-order valence-electron chi connectivity index (χ2n) is 4.34. The summed E-state index contributed by atoms with van der Waals surface area (Å²) in [4.78, 5) is 12.0. The van der Waals surface area contributed by atoms with E-state index in [0.717, 1.165) is 12.1 Å². The third-order valence-corrected chi connectivity index (χ3v) is 3.22. The number of benzene rings is 2. The van der Waals surface area contributed by atoms with E-state index >= 15 is 0 Å². The Balaban J connectivity index is 2.17. The molecule has 2 nitrogen and oxygen atoms in total. The van der Waals surface area contributed by atoms with Gasteiger partial charge in [0, 0.05) is 11.6 Å². The van der Waals surface area contributed by atoms with Crippen LogP contribution in [0.1, 0.15) is 28.9 Å². The lowest BCUT2D eigenvalue weighted by atomic mass is 10.1. The standard InChI is InChI=1S/C15H12ClF2NO/c1-9(11-7-6-10(17)8-14(11)18)19-15(20)12-4-2-3-5-13(12)16/h2-9H,1H3,(H,19,20). The number of carbonyl (C=O) groups is 1. The number of carbonyl (C=O) groups excluding carboxylic acids is 1. The summed E-state index contributed by atoms with van der Waals surface area (Å²) in [6.07, 6.45) is 0. The third kappa shape index (κ3) is 3.14. The van der Waals surface area contributed by atoms with Gasteiger partial charge in [-0.2, -0.15) is 0 Å². The van der Waals surface area contributed by atoms with E-state index in [9.17, 15) is 13.6 Å². The lowest BCUT2D eigenvalue weighted by molar-refractivity contribution is 0.0939. The van der Waals surface area contributed by atoms with Crippen molar-refractivity contribution < 1.29 is 13.6 Å². The first-order valence-corrected chi connectivity index (χ1v) is 6.37. The van der Waals surface area contributed by atoms with E-state index in [2.05, 4.69) is 5.32 Å². The Morgan fingerprint density at radius 3 is 2.55 bits per heavy atom. The molecule has 0 aliphatic rings. The minimum Gasteiger partial charge on any atom is -0.345 e. The molecule has 1 atom stereocenters. The molecule has 0 saturated carbocycles. The Labute approximate surface area is 120 Å². The van der Waals surface area contributed by atoms with Gasteiger partial charge in [0.25, 0.3) is 5.91 Å². The SMILES string of the molecule is CC(NC(=O)c1ccccc1Cl)c1ccc(F)cc1F. The fourth-order valence-corrected chi connectivity index (χ4v) is 2.07. The first-order chi connectivity index (χ1) is 9.49. The first kappa shape index (κ1) is 14.5. The summed E-state index contributed by atoms with van der Waals surface area (Å²) in [5.74, 6) is -1.76. The van der Waals surface area contributed by atoms with Crippen LogP contribution in [-0.2, 0) is 0 Å². The Morgan fingerprint density at radius 2 is 1.90 bits per heavy atom. The minimum atomic E-state index is -0.697. The molecular formula is C15H12ClF2NO. The van der Waals surface area contributed by atoms with Crippen LogP contribution in [0.2, 0.25) is 5.02 Å². The minimum absolute atomic E-state index is 0.215. The zero-order valence-electron chi connectivity index (χ0n) is 10.7. The van der Waals surface area contributed by atoms with Crippen LogP contribution in [0.25, 0.3) is 0 Å². The van der Waals surface area contributed by atoms with Crippen LogP contribution in [-0.4, -0.2) is 5.91 Å². The van der Waals surface area contributed by atoms with Gasteiger partial charge in [-0.15, -0.1) is 0 Å². The average Bonchev–Trinajstić information content (AvgIpc) is 2.38. The van der Waals surface area contributed by atoms with Crippen LogP contribution < -0.4 is 5.32 Å². The summed E-state index contributed by atoms with van der Waals surface area (Å²) in [6.45, 7) is 1.62. The van der Waals surface area contributed by atoms with Crippen molar-refractivity contribution in [2.45, 2.75) is 13.0 Å². The lowest BCUT2D eigenvalue weighted by Gasteiger charge is -2.15. The number of hydrogen-bond acceptors (Lipinski definition) is 1. The highest BCUT2D eigenvalue weighted by Gasteiger charge is 2.16. The molecule has 0 bridgehead atoms. The van der Waals surface area contributed by atoms with Crippen LogP contribution in [0, 0.1) is 11.6 Å². The molecule has 0 aromatic heterocycles. The summed E-state index contributed by atoms with van der Waals surface area (Å²) in [5, 5.41) is 2.94. The number of halogens is 3. The highest BCUT2D eigenvalue weighted by Crippen LogP contribution is 2.20. The Hall–Kier alpha value is -1.94. The Kier molecular flexibility index (Phi) is 4.35. The summed E-state index contributed by atoms with van der Waals surface area (Å²) < 4.78 is 26.5. The molecule has 20 heavy (non-hydrogen) atoms. The molecular weight excluding hydrogens is 284 g/mol. The highest BCUT2D eigenvalue weighted by molar-refractivity contribution is 6.33. The topological polar surface area (TPSA) is 29.1 Å². The summed E-state index contributed by atoms with van der Waals surface area (Å²) in [6, 6.07) is 9.21. The fourth-order valence-electron chi connectivity index (χ4n) is 1.85. The van der Waals surface area contributed by atoms with Crippen molar-refractivity contribution >= 4 is 17.5 Å². The van der Waals surface area contributed by atoms with Crippen LogP contribution in [0.4, 0.5) is 8.78 Å². The van der Waals surface area contributed by atoms with Crippen LogP contribution in [0.5, 0.6) is 0 Å². The van der Waals surface area contributed by atoms with Gasteiger partial charge in [-0.05, 0) is 25.1 Å². The van der Waals surface area contributed by atoms with Gasteiger partial charge in [-0.3, -0.25) is 4.79 Å². The smallest absolute Gasteiger partial charge is 0.253 e. The van der Waals surface area contributed by atoms with Gasteiger partial charge in [0.1, 0.15) is 11.6 Å². The first-order valence-electron chi connectivity index (χ1n) is 5.99. The molecule has 0 saturated heterocycles. The fraction of sp³-hybridized carbons (Fsp3) is 0.133. The average molecular weight is 296 g/mol. The normalized spacial score (nSPS) is 12.0. The molecule has 0 aliphatic carbocycles. The Bertz CT molecular complexity index is 646. The van der Waals surface area contributed by atoms with Crippen molar-refractivity contribution in [2.75, 3.05) is 0 Å². The maximum absolute atomic E-state index is 13.6. The molecule has 2 aromatic carbocycles. The molecule has 104 valence electrons. The van der Waals surface area contributed by atoms with Crippen molar-refractivity contribution in [2.24, 2.45) is 0 Å². The Morgan fingerprint density at radius 1 is 1.20 bits per heavy atom. The van der Waals surface area contributed by atoms with Gasteiger partial charge < -0.3 is 5.32 Å². The summed E-state index contributed by atoms with van der Waals surface area (Å²) in [7, 11) is 0. The van der Waals surface area contributed by atoms with Gasteiger partial charge >= 0.3 is 0 Å². The number of hydrogen-bond donors (Lipinski definition) is 1. The van der Waals surface area contributed by atoms with E-state index in [4.69, 9.17) is 11.6 Å². The molecule has 0 fully saturated rings. The van der Waals surface area contributed by atoms with Gasteiger partial charge in [0.15, 0.2) is 0 Å². The van der Waals surface area contributed by atoms with Crippen LogP contribution in [0.3, 0.4) is 0 Å². The van der Waals surface area contributed by atoms with Gasteiger partial charge in [-0.1, -0.05) is 29.8 Å². The maximum atomic E-state index is 13.6. The predicted octanol–water partition coefficient (Wildman–Crippen LogP) is 4.11. The predicted molar refractivity (Wildman–Crippen MR) is 73.7 cm³/mol. The van der Waals surface area contributed by atoms with E-state index in [1.807, 2.05) is 0 Å². The zero-order chi connectivity index (χ0) is 14.7. The maximum Gasteiger partial charge on any atom is 0.253 e. The van der Waals surface area contributed by atoms with E-state index in [-0.39, 0.29) is 5.56 Å². The number of amides is 1. The second kappa shape index (κ2) is 6.01. The monoisotopic (exact) mass is 295 g/mol. The van der Waals surface area contributed by atoms with E-state index in [1.54, 1.807) is 31.2 Å². The van der Waals surface area contributed by atoms with Crippen molar-refractivity contribution in [1.29, 1.82) is 0 Å². The molecule has 0 heterocycles. The highest BCUT2D eigenvalue weighted by atomic mass is 35.5. The summed E-state index contributed by atoms with van der Waals surface area (Å²) >= 11 is 5.92. The van der Waals surface area contributed by atoms with Crippen molar-refractivity contribution in [3.05, 3.63) is 70.2 Å². The number of rotatable bonds is 3. The van der Waals surface area contributed by atoms with Gasteiger partial charge in [0.2, 0.25) is 0 Å². The van der Waals surface area contributed by atoms with E-state index in [0.29, 0.717) is 10.6 Å². The van der Waals surface area contributed by atoms with Crippen LogP contribution >= 0.6 is 11.6 Å². The van der Waals surface area contributed by atoms with Gasteiger partial charge in [0.05, 0.1) is 16.6 Å². The van der Waals surface area contributed by atoms with Crippen molar-refractivity contribution in [1.82, 2.24) is 5.32 Å².